The predicted molar refractivity (Wildman–Crippen MR) is 84.7 cm³/mol. The molecular weight excluding hydrogens is 268 g/mol. The van der Waals surface area contributed by atoms with Crippen LogP contribution in [0.2, 0.25) is 0 Å². The highest BCUT2D eigenvalue weighted by Gasteiger charge is 2.24. The first-order chi connectivity index (χ1) is 9.55. The molecule has 0 unspecified atom stereocenters. The number of nitrogens with two attached hydrogens (primary N) is 1. The van der Waals surface area contributed by atoms with E-state index in [0.29, 0.717) is 12.2 Å². The SMILES string of the molecule is CC(C)(C)OC(=O)Nc1ccc(O)c(C(C)(C)CCN)c1. The van der Waals surface area contributed by atoms with Crippen LogP contribution in [0.3, 0.4) is 0 Å². The van der Waals surface area contributed by atoms with Gasteiger partial charge in [0.15, 0.2) is 0 Å². The average molecular weight is 294 g/mol. The molecular formula is C16H26N2O3. The third-order valence-corrected chi connectivity index (χ3v) is 3.14. The number of rotatable bonds is 4. The Labute approximate surface area is 126 Å². The van der Waals surface area contributed by atoms with Crippen LogP contribution in [0.15, 0.2) is 18.2 Å². The van der Waals surface area contributed by atoms with Crippen molar-refractivity contribution in [3.63, 3.8) is 0 Å². The van der Waals surface area contributed by atoms with Gasteiger partial charge >= 0.3 is 6.09 Å². The van der Waals surface area contributed by atoms with Crippen molar-refractivity contribution in [2.45, 2.75) is 52.1 Å². The van der Waals surface area contributed by atoms with Gasteiger partial charge in [-0.2, -0.15) is 0 Å². The Bertz CT molecular complexity index is 505. The lowest BCUT2D eigenvalue weighted by atomic mass is 9.81. The molecule has 0 aromatic heterocycles. The van der Waals surface area contributed by atoms with Gasteiger partial charge in [-0.1, -0.05) is 13.8 Å². The summed E-state index contributed by atoms with van der Waals surface area (Å²) in [6.07, 6.45) is 0.215. The van der Waals surface area contributed by atoms with Gasteiger partial charge in [-0.05, 0) is 57.4 Å². The number of hydrogen-bond donors (Lipinski definition) is 3. The maximum absolute atomic E-state index is 11.8. The minimum atomic E-state index is -0.553. The average Bonchev–Trinajstić information content (AvgIpc) is 2.28. The van der Waals surface area contributed by atoms with Crippen LogP contribution >= 0.6 is 0 Å². The van der Waals surface area contributed by atoms with Crippen molar-refractivity contribution in [1.82, 2.24) is 0 Å². The molecule has 0 spiro atoms. The van der Waals surface area contributed by atoms with Crippen molar-refractivity contribution < 1.29 is 14.6 Å². The molecule has 1 rings (SSSR count). The minimum Gasteiger partial charge on any atom is -0.508 e. The van der Waals surface area contributed by atoms with Crippen LogP contribution in [0.25, 0.3) is 0 Å². The first-order valence-electron chi connectivity index (χ1n) is 7.09. The number of phenolic OH excluding ortho intramolecular Hbond substituents is 1. The summed E-state index contributed by atoms with van der Waals surface area (Å²) in [6.45, 7) is 9.95. The van der Waals surface area contributed by atoms with Crippen molar-refractivity contribution >= 4 is 11.8 Å². The predicted octanol–water partition coefficient (Wildman–Crippen LogP) is 3.37. The molecule has 0 aliphatic carbocycles. The Morgan fingerprint density at radius 2 is 1.90 bits per heavy atom. The van der Waals surface area contributed by atoms with E-state index in [1.807, 2.05) is 13.8 Å². The van der Waals surface area contributed by atoms with Crippen LogP contribution in [0, 0.1) is 0 Å². The smallest absolute Gasteiger partial charge is 0.412 e. The van der Waals surface area contributed by atoms with Gasteiger partial charge in [-0.15, -0.1) is 0 Å². The molecule has 0 aliphatic rings. The molecule has 0 heterocycles. The zero-order valence-electron chi connectivity index (χ0n) is 13.5. The number of hydrogen-bond acceptors (Lipinski definition) is 4. The number of ether oxygens (including phenoxy) is 1. The quantitative estimate of drug-likeness (QED) is 0.743. The lowest BCUT2D eigenvalue weighted by molar-refractivity contribution is 0.0636. The highest BCUT2D eigenvalue weighted by Crippen LogP contribution is 2.35. The first kappa shape index (κ1) is 17.3. The molecule has 1 aromatic rings. The van der Waals surface area contributed by atoms with E-state index < -0.39 is 11.7 Å². The van der Waals surface area contributed by atoms with E-state index in [4.69, 9.17) is 10.5 Å². The summed E-state index contributed by atoms with van der Waals surface area (Å²) in [5, 5.41) is 12.7. The van der Waals surface area contributed by atoms with Gasteiger partial charge in [0.25, 0.3) is 0 Å². The van der Waals surface area contributed by atoms with Crippen molar-refractivity contribution in [1.29, 1.82) is 0 Å². The third kappa shape index (κ3) is 5.27. The van der Waals surface area contributed by atoms with Crippen LogP contribution in [0.5, 0.6) is 5.75 Å². The minimum absolute atomic E-state index is 0.197. The van der Waals surface area contributed by atoms with Crippen molar-refractivity contribution in [2.75, 3.05) is 11.9 Å². The molecule has 0 saturated carbocycles. The van der Waals surface area contributed by atoms with E-state index in [-0.39, 0.29) is 11.2 Å². The summed E-state index contributed by atoms with van der Waals surface area (Å²) in [4.78, 5) is 11.8. The molecule has 118 valence electrons. The summed E-state index contributed by atoms with van der Waals surface area (Å²) in [5.41, 5.74) is 6.13. The third-order valence-electron chi connectivity index (χ3n) is 3.14. The Kier molecular flexibility index (Phi) is 5.23. The lowest BCUT2D eigenvalue weighted by Gasteiger charge is -2.26. The molecule has 0 atom stereocenters. The number of nitrogens with one attached hydrogen (secondary N) is 1. The Morgan fingerprint density at radius 1 is 1.29 bits per heavy atom. The van der Waals surface area contributed by atoms with Crippen molar-refractivity contribution in [2.24, 2.45) is 5.73 Å². The number of benzene rings is 1. The van der Waals surface area contributed by atoms with E-state index >= 15 is 0 Å². The number of carbonyl (C=O) groups is 1. The molecule has 1 aromatic carbocycles. The number of carbonyl (C=O) groups excluding carboxylic acids is 1. The molecule has 0 fully saturated rings. The molecule has 21 heavy (non-hydrogen) atoms. The maximum Gasteiger partial charge on any atom is 0.412 e. The fourth-order valence-electron chi connectivity index (χ4n) is 2.07. The second-order valence-corrected chi connectivity index (χ2v) is 6.78. The van der Waals surface area contributed by atoms with Crippen molar-refractivity contribution in [3.05, 3.63) is 23.8 Å². The molecule has 5 heteroatoms. The Balaban J connectivity index is 2.94. The van der Waals surface area contributed by atoms with Crippen LogP contribution in [0.1, 0.15) is 46.6 Å². The molecule has 0 radical (unpaired) electrons. The van der Waals surface area contributed by atoms with Crippen LogP contribution in [-0.4, -0.2) is 23.3 Å². The topological polar surface area (TPSA) is 84.6 Å². The Hall–Kier alpha value is -1.75. The van der Waals surface area contributed by atoms with Gasteiger partial charge in [0.2, 0.25) is 0 Å². The summed E-state index contributed by atoms with van der Waals surface area (Å²) in [6, 6.07) is 4.97. The number of aromatic hydroxyl groups is 1. The fraction of sp³-hybridized carbons (Fsp3) is 0.562. The van der Waals surface area contributed by atoms with Gasteiger partial charge in [0.05, 0.1) is 0 Å². The van der Waals surface area contributed by atoms with E-state index in [1.165, 1.54) is 0 Å². The molecule has 0 bridgehead atoms. The summed E-state index contributed by atoms with van der Waals surface area (Å²) >= 11 is 0. The summed E-state index contributed by atoms with van der Waals surface area (Å²) in [5.74, 6) is 0.197. The van der Waals surface area contributed by atoms with Gasteiger partial charge in [0.1, 0.15) is 11.4 Å². The fourth-order valence-corrected chi connectivity index (χ4v) is 2.07. The van der Waals surface area contributed by atoms with E-state index in [1.54, 1.807) is 39.0 Å². The van der Waals surface area contributed by atoms with E-state index in [2.05, 4.69) is 5.32 Å². The van der Waals surface area contributed by atoms with E-state index in [0.717, 1.165) is 12.0 Å². The zero-order valence-corrected chi connectivity index (χ0v) is 13.5. The second-order valence-electron chi connectivity index (χ2n) is 6.78. The Morgan fingerprint density at radius 3 is 2.43 bits per heavy atom. The maximum atomic E-state index is 11.8. The van der Waals surface area contributed by atoms with Gasteiger partial charge in [-0.3, -0.25) is 5.32 Å². The van der Waals surface area contributed by atoms with Crippen LogP contribution in [-0.2, 0) is 10.2 Å². The molecule has 1 amide bonds. The number of phenols is 1. The van der Waals surface area contributed by atoms with Crippen molar-refractivity contribution in [3.8, 4) is 5.75 Å². The first-order valence-corrected chi connectivity index (χ1v) is 7.09. The van der Waals surface area contributed by atoms with Gasteiger partial charge < -0.3 is 15.6 Å². The van der Waals surface area contributed by atoms with Crippen LogP contribution in [0.4, 0.5) is 10.5 Å². The molecule has 0 aliphatic heterocycles. The van der Waals surface area contributed by atoms with E-state index in [9.17, 15) is 9.90 Å². The van der Waals surface area contributed by atoms with Gasteiger partial charge in [0, 0.05) is 11.3 Å². The number of amides is 1. The zero-order chi connectivity index (χ0) is 16.3. The number of anilines is 1. The molecule has 4 N–H and O–H groups in total. The monoisotopic (exact) mass is 294 g/mol. The standard InChI is InChI=1S/C16H26N2O3/c1-15(2,3)21-14(20)18-11-6-7-13(19)12(10-11)16(4,5)8-9-17/h6-7,10,19H,8-9,17H2,1-5H3,(H,18,20). The summed E-state index contributed by atoms with van der Waals surface area (Å²) < 4.78 is 5.21. The second kappa shape index (κ2) is 6.35. The van der Waals surface area contributed by atoms with Crippen LogP contribution < -0.4 is 11.1 Å². The molecule has 5 nitrogen and oxygen atoms in total. The normalized spacial score (nSPS) is 12.1. The van der Waals surface area contributed by atoms with Gasteiger partial charge in [-0.25, -0.2) is 4.79 Å². The largest absolute Gasteiger partial charge is 0.508 e. The summed E-state index contributed by atoms with van der Waals surface area (Å²) in [7, 11) is 0. The lowest BCUT2D eigenvalue weighted by Crippen LogP contribution is -2.27. The highest BCUT2D eigenvalue weighted by atomic mass is 16.6. The molecule has 0 saturated heterocycles. The highest BCUT2D eigenvalue weighted by molar-refractivity contribution is 5.85.